The molecule has 0 saturated carbocycles. The molecule has 0 spiro atoms. The first-order chi connectivity index (χ1) is 11.5. The fourth-order valence-corrected chi connectivity index (χ4v) is 2.58. The van der Waals surface area contributed by atoms with Crippen molar-refractivity contribution in [3.63, 3.8) is 0 Å². The van der Waals surface area contributed by atoms with Gasteiger partial charge in [-0.05, 0) is 30.7 Å². The first-order valence-corrected chi connectivity index (χ1v) is 8.35. The molecule has 0 unspecified atom stereocenters. The molecular weight excluding hydrogens is 333 g/mol. The number of rotatable bonds is 6. The molecule has 3 amide bonds. The molecule has 0 saturated heterocycles. The Kier molecular flexibility index (Phi) is 6.30. The molecule has 7 nitrogen and oxygen atoms in total. The number of aromatic nitrogens is 3. The van der Waals surface area contributed by atoms with Crippen molar-refractivity contribution in [2.24, 2.45) is 7.05 Å². The second-order valence-corrected chi connectivity index (χ2v) is 5.91. The smallest absolute Gasteiger partial charge is 0.321 e. The molecule has 1 aromatic heterocycles. The van der Waals surface area contributed by atoms with Gasteiger partial charge in [0.2, 0.25) is 5.91 Å². The summed E-state index contributed by atoms with van der Waals surface area (Å²) in [5.74, 6) is -0.137. The Labute approximate surface area is 143 Å². The van der Waals surface area contributed by atoms with Crippen LogP contribution in [0.15, 0.2) is 29.4 Å². The second kappa shape index (κ2) is 8.44. The lowest BCUT2D eigenvalue weighted by molar-refractivity contribution is -0.117. The molecule has 2 aromatic rings. The lowest BCUT2D eigenvalue weighted by Crippen LogP contribution is -2.40. The van der Waals surface area contributed by atoms with Gasteiger partial charge in [-0.2, -0.15) is 0 Å². The molecule has 1 heterocycles. The Hall–Kier alpha value is -2.42. The molecule has 0 radical (unpaired) electrons. The molecule has 2 rings (SSSR count). The Bertz CT molecular complexity index is 717. The fraction of sp³-hybridized carbons (Fsp3) is 0.333. The van der Waals surface area contributed by atoms with Crippen molar-refractivity contribution >= 4 is 23.7 Å². The third kappa shape index (κ3) is 4.79. The van der Waals surface area contributed by atoms with Crippen molar-refractivity contribution in [3.05, 3.63) is 30.1 Å². The van der Waals surface area contributed by atoms with E-state index in [1.54, 1.807) is 23.7 Å². The largest absolute Gasteiger partial charge is 0.338 e. The van der Waals surface area contributed by atoms with Gasteiger partial charge in [-0.3, -0.25) is 10.1 Å². The van der Waals surface area contributed by atoms with Crippen LogP contribution in [-0.2, 0) is 11.8 Å². The summed E-state index contributed by atoms with van der Waals surface area (Å²) in [6.07, 6.45) is 0.793. The summed E-state index contributed by atoms with van der Waals surface area (Å²) >= 11 is 1.16. The van der Waals surface area contributed by atoms with Gasteiger partial charge in [0.1, 0.15) is 5.82 Å². The number of hydrogen-bond donors (Lipinski definition) is 2. The SMILES string of the molecule is CCCNC(=O)NC(=O)CSc1nnc(-c2ccc(F)cc2)n1C. The summed E-state index contributed by atoms with van der Waals surface area (Å²) in [6, 6.07) is 5.41. The maximum atomic E-state index is 13.0. The van der Waals surface area contributed by atoms with E-state index >= 15 is 0 Å². The molecule has 2 N–H and O–H groups in total. The standard InChI is InChI=1S/C15H18FN5O2S/c1-3-8-17-14(23)18-12(22)9-24-15-20-19-13(21(15)2)10-4-6-11(16)7-5-10/h4-7H,3,8-9H2,1-2H3,(H2,17,18,22,23). The first-order valence-electron chi connectivity index (χ1n) is 7.37. The van der Waals surface area contributed by atoms with Gasteiger partial charge in [0.25, 0.3) is 0 Å². The number of benzene rings is 1. The summed E-state index contributed by atoms with van der Waals surface area (Å²) < 4.78 is 14.7. The van der Waals surface area contributed by atoms with E-state index in [2.05, 4.69) is 20.8 Å². The first kappa shape index (κ1) is 17.9. The topological polar surface area (TPSA) is 88.9 Å². The Morgan fingerprint density at radius 3 is 2.62 bits per heavy atom. The zero-order valence-electron chi connectivity index (χ0n) is 13.4. The van der Waals surface area contributed by atoms with Crippen molar-refractivity contribution in [1.29, 1.82) is 0 Å². The van der Waals surface area contributed by atoms with Gasteiger partial charge >= 0.3 is 6.03 Å². The van der Waals surface area contributed by atoms with Crippen molar-refractivity contribution in [1.82, 2.24) is 25.4 Å². The van der Waals surface area contributed by atoms with Gasteiger partial charge < -0.3 is 9.88 Å². The zero-order valence-corrected chi connectivity index (χ0v) is 14.2. The normalized spacial score (nSPS) is 10.5. The van der Waals surface area contributed by atoms with Crippen LogP contribution in [0.3, 0.4) is 0 Å². The van der Waals surface area contributed by atoms with E-state index < -0.39 is 11.9 Å². The molecule has 128 valence electrons. The summed E-state index contributed by atoms with van der Waals surface area (Å²) in [5, 5.41) is 13.4. The van der Waals surface area contributed by atoms with E-state index in [9.17, 15) is 14.0 Å². The van der Waals surface area contributed by atoms with Crippen LogP contribution in [-0.4, -0.2) is 39.0 Å². The Morgan fingerprint density at radius 1 is 1.25 bits per heavy atom. The minimum Gasteiger partial charge on any atom is -0.338 e. The zero-order chi connectivity index (χ0) is 17.5. The lowest BCUT2D eigenvalue weighted by atomic mass is 10.2. The van der Waals surface area contributed by atoms with Gasteiger partial charge in [-0.1, -0.05) is 18.7 Å². The van der Waals surface area contributed by atoms with Crippen molar-refractivity contribution < 1.29 is 14.0 Å². The van der Waals surface area contributed by atoms with Gasteiger partial charge in [0.05, 0.1) is 5.75 Å². The quantitative estimate of drug-likeness (QED) is 0.777. The summed E-state index contributed by atoms with van der Waals surface area (Å²) in [6.45, 7) is 2.43. The average Bonchev–Trinajstić information content (AvgIpc) is 2.92. The highest BCUT2D eigenvalue weighted by Crippen LogP contribution is 2.22. The van der Waals surface area contributed by atoms with Gasteiger partial charge in [0, 0.05) is 19.2 Å². The van der Waals surface area contributed by atoms with Crippen LogP contribution in [0.2, 0.25) is 0 Å². The highest BCUT2D eigenvalue weighted by atomic mass is 32.2. The van der Waals surface area contributed by atoms with Crippen LogP contribution in [0.1, 0.15) is 13.3 Å². The second-order valence-electron chi connectivity index (χ2n) is 4.96. The molecule has 0 atom stereocenters. The number of hydrogen-bond acceptors (Lipinski definition) is 5. The molecule has 9 heteroatoms. The van der Waals surface area contributed by atoms with E-state index in [-0.39, 0.29) is 11.6 Å². The van der Waals surface area contributed by atoms with E-state index in [0.29, 0.717) is 17.5 Å². The number of nitrogens with zero attached hydrogens (tertiary/aromatic N) is 3. The number of amides is 3. The number of halogens is 1. The summed E-state index contributed by atoms with van der Waals surface area (Å²) in [4.78, 5) is 23.1. The number of urea groups is 1. The number of nitrogens with one attached hydrogen (secondary N) is 2. The van der Waals surface area contributed by atoms with Gasteiger partial charge in [0.15, 0.2) is 11.0 Å². The molecule has 0 aliphatic rings. The van der Waals surface area contributed by atoms with Crippen LogP contribution in [0.5, 0.6) is 0 Å². The van der Waals surface area contributed by atoms with Crippen LogP contribution >= 0.6 is 11.8 Å². The van der Waals surface area contributed by atoms with Gasteiger partial charge in [-0.15, -0.1) is 10.2 Å². The molecule has 1 aromatic carbocycles. The van der Waals surface area contributed by atoms with E-state index in [1.165, 1.54) is 12.1 Å². The monoisotopic (exact) mass is 351 g/mol. The number of thioether (sulfide) groups is 1. The highest BCUT2D eigenvalue weighted by Gasteiger charge is 2.14. The number of carbonyl (C=O) groups excluding carboxylic acids is 2. The number of carbonyl (C=O) groups is 2. The lowest BCUT2D eigenvalue weighted by Gasteiger charge is -2.06. The van der Waals surface area contributed by atoms with Crippen molar-refractivity contribution in [3.8, 4) is 11.4 Å². The third-order valence-electron chi connectivity index (χ3n) is 3.06. The van der Waals surface area contributed by atoms with E-state index in [1.807, 2.05) is 6.92 Å². The minimum atomic E-state index is -0.507. The van der Waals surface area contributed by atoms with Gasteiger partial charge in [-0.25, -0.2) is 9.18 Å². The maximum Gasteiger partial charge on any atom is 0.321 e. The molecule has 0 aliphatic heterocycles. The minimum absolute atomic E-state index is 0.0366. The van der Waals surface area contributed by atoms with Crippen molar-refractivity contribution in [2.75, 3.05) is 12.3 Å². The Balaban J connectivity index is 1.93. The van der Waals surface area contributed by atoms with E-state index in [0.717, 1.165) is 23.7 Å². The highest BCUT2D eigenvalue weighted by molar-refractivity contribution is 7.99. The summed E-state index contributed by atoms with van der Waals surface area (Å²) in [5.41, 5.74) is 0.724. The molecule has 0 aliphatic carbocycles. The summed E-state index contributed by atoms with van der Waals surface area (Å²) in [7, 11) is 1.76. The molecule has 0 fully saturated rings. The number of imide groups is 1. The van der Waals surface area contributed by atoms with Crippen LogP contribution < -0.4 is 10.6 Å². The third-order valence-corrected chi connectivity index (χ3v) is 4.08. The molecule has 0 bridgehead atoms. The molecular formula is C15H18FN5O2S. The van der Waals surface area contributed by atoms with Crippen LogP contribution in [0, 0.1) is 5.82 Å². The van der Waals surface area contributed by atoms with E-state index in [4.69, 9.17) is 0 Å². The predicted octanol–water partition coefficient (Wildman–Crippen LogP) is 1.95. The van der Waals surface area contributed by atoms with Crippen molar-refractivity contribution in [2.45, 2.75) is 18.5 Å². The fourth-order valence-electron chi connectivity index (χ4n) is 1.87. The molecule has 24 heavy (non-hydrogen) atoms. The maximum absolute atomic E-state index is 13.0. The Morgan fingerprint density at radius 2 is 1.96 bits per heavy atom. The van der Waals surface area contributed by atoms with Crippen LogP contribution in [0.25, 0.3) is 11.4 Å². The average molecular weight is 351 g/mol. The van der Waals surface area contributed by atoms with Crippen LogP contribution in [0.4, 0.5) is 9.18 Å². The predicted molar refractivity (Wildman–Crippen MR) is 89.0 cm³/mol.